The summed E-state index contributed by atoms with van der Waals surface area (Å²) >= 11 is 1.24. The topological polar surface area (TPSA) is 95.9 Å². The number of esters is 1. The van der Waals surface area contributed by atoms with Crippen LogP contribution < -0.4 is 5.32 Å². The third-order valence-electron chi connectivity index (χ3n) is 7.00. The highest BCUT2D eigenvalue weighted by atomic mass is 32.2. The number of nitrogens with one attached hydrogen (secondary N) is 1. The fourth-order valence-corrected chi connectivity index (χ4v) is 5.84. The van der Waals surface area contributed by atoms with Crippen LogP contribution >= 0.6 is 11.8 Å². The number of thioether (sulfide) groups is 1. The van der Waals surface area contributed by atoms with Gasteiger partial charge in [0.2, 0.25) is 5.91 Å². The van der Waals surface area contributed by atoms with Crippen molar-refractivity contribution < 1.29 is 24.5 Å². The van der Waals surface area contributed by atoms with Crippen molar-refractivity contribution in [3.8, 4) is 0 Å². The lowest BCUT2D eigenvalue weighted by Gasteiger charge is -2.40. The molecule has 2 aromatic rings. The molecule has 3 rings (SSSR count). The number of aliphatic hydroxyl groups excluding tert-OH is 2. The third kappa shape index (κ3) is 6.76. The van der Waals surface area contributed by atoms with E-state index in [1.54, 1.807) is 0 Å². The Balaban J connectivity index is 1.85. The molecule has 1 amide bonds. The van der Waals surface area contributed by atoms with Gasteiger partial charge in [0.15, 0.2) is 0 Å². The molecule has 1 heterocycles. The first-order chi connectivity index (χ1) is 17.3. The van der Waals surface area contributed by atoms with E-state index in [0.29, 0.717) is 12.8 Å². The van der Waals surface area contributed by atoms with Crippen LogP contribution in [0.2, 0.25) is 0 Å². The van der Waals surface area contributed by atoms with Gasteiger partial charge in [-0.1, -0.05) is 64.6 Å². The second-order valence-corrected chi connectivity index (χ2v) is 12.3. The minimum Gasteiger partial charge on any atom is -0.511 e. The van der Waals surface area contributed by atoms with Gasteiger partial charge >= 0.3 is 5.97 Å². The summed E-state index contributed by atoms with van der Waals surface area (Å²) in [6.07, 6.45) is 1.48. The molecule has 2 aromatic carbocycles. The molecule has 0 fully saturated rings. The van der Waals surface area contributed by atoms with Crippen molar-refractivity contribution in [2.24, 2.45) is 5.92 Å². The Morgan fingerprint density at radius 1 is 1.19 bits per heavy atom. The van der Waals surface area contributed by atoms with Crippen molar-refractivity contribution in [3.63, 3.8) is 0 Å². The van der Waals surface area contributed by atoms with Crippen molar-refractivity contribution in [1.82, 2.24) is 0 Å². The lowest BCUT2D eigenvalue weighted by Crippen LogP contribution is -2.44. The number of rotatable bonds is 8. The maximum atomic E-state index is 13.3. The largest absolute Gasteiger partial charge is 0.511 e. The third-order valence-corrected chi connectivity index (χ3v) is 8.17. The van der Waals surface area contributed by atoms with Crippen LogP contribution in [0.5, 0.6) is 0 Å². The van der Waals surface area contributed by atoms with Gasteiger partial charge in [0, 0.05) is 23.9 Å². The Morgan fingerprint density at radius 2 is 1.84 bits per heavy atom. The summed E-state index contributed by atoms with van der Waals surface area (Å²) < 4.78 is 6.11. The molecule has 1 aliphatic heterocycles. The highest BCUT2D eigenvalue weighted by Crippen LogP contribution is 2.45. The minimum atomic E-state index is -0.814. The van der Waals surface area contributed by atoms with Gasteiger partial charge in [-0.2, -0.15) is 0 Å². The first-order valence-corrected chi connectivity index (χ1v) is 13.5. The number of hydrogen-bond donors (Lipinski definition) is 3. The summed E-state index contributed by atoms with van der Waals surface area (Å²) in [6.45, 7) is 13.6. The second kappa shape index (κ2) is 11.3. The molecule has 0 spiro atoms. The van der Waals surface area contributed by atoms with Crippen LogP contribution in [-0.2, 0) is 32.8 Å². The molecule has 1 unspecified atom stereocenters. The first-order valence-electron chi connectivity index (χ1n) is 12.7. The average molecular weight is 526 g/mol. The molecule has 37 heavy (non-hydrogen) atoms. The highest BCUT2D eigenvalue weighted by Gasteiger charge is 2.44. The molecule has 3 N–H and O–H groups in total. The number of aryl methyl sites for hydroxylation is 2. The number of carbonyl (C=O) groups excluding carboxylic acids is 2. The van der Waals surface area contributed by atoms with Crippen molar-refractivity contribution in [2.75, 3.05) is 5.32 Å². The predicted molar refractivity (Wildman–Crippen MR) is 149 cm³/mol. The van der Waals surface area contributed by atoms with Crippen molar-refractivity contribution >= 4 is 29.3 Å². The van der Waals surface area contributed by atoms with Gasteiger partial charge in [-0.3, -0.25) is 4.79 Å². The molecule has 0 bridgehead atoms. The quantitative estimate of drug-likeness (QED) is 0.337. The molecule has 1 atom stereocenters. The number of aliphatic hydroxyl groups is 2. The highest BCUT2D eigenvalue weighted by molar-refractivity contribution is 8.04. The van der Waals surface area contributed by atoms with Gasteiger partial charge in [-0.25, -0.2) is 4.79 Å². The standard InChI is InChI=1S/C30H39NO5S/c1-18(2)30(13-12-21-8-10-23(11-9-21)31-20(4)33)16-25(34)27(28(35)36-30)37-26-14-19(3)22(17-32)15-24(26)29(5,6)7/h8-11,14-15,18,32,34H,12-13,16-17H2,1-7H3,(H,31,33). The Morgan fingerprint density at radius 3 is 2.35 bits per heavy atom. The van der Waals surface area contributed by atoms with Gasteiger partial charge < -0.3 is 20.3 Å². The molecule has 7 heteroatoms. The van der Waals surface area contributed by atoms with Crippen molar-refractivity contribution in [3.05, 3.63) is 69.3 Å². The number of anilines is 1. The Labute approximate surface area is 224 Å². The molecule has 200 valence electrons. The van der Waals surface area contributed by atoms with E-state index < -0.39 is 11.6 Å². The zero-order chi connectivity index (χ0) is 27.5. The van der Waals surface area contributed by atoms with Gasteiger partial charge in [-0.15, -0.1) is 0 Å². The number of amides is 1. The summed E-state index contributed by atoms with van der Waals surface area (Å²) in [5.41, 5.74) is 3.55. The van der Waals surface area contributed by atoms with Gasteiger partial charge in [-0.05, 0) is 71.6 Å². The maximum Gasteiger partial charge on any atom is 0.349 e. The van der Waals surface area contributed by atoms with Gasteiger partial charge in [0.25, 0.3) is 0 Å². The molecular weight excluding hydrogens is 486 g/mol. The van der Waals surface area contributed by atoms with Crippen molar-refractivity contribution in [2.45, 2.75) is 90.2 Å². The molecule has 0 aliphatic carbocycles. The normalized spacial score (nSPS) is 18.2. The van der Waals surface area contributed by atoms with E-state index in [1.807, 2.05) is 57.2 Å². The number of benzene rings is 2. The Bertz CT molecular complexity index is 1190. The number of hydrogen-bond acceptors (Lipinski definition) is 6. The lowest BCUT2D eigenvalue weighted by atomic mass is 9.80. The fourth-order valence-electron chi connectivity index (χ4n) is 4.59. The van der Waals surface area contributed by atoms with E-state index in [2.05, 4.69) is 26.1 Å². The minimum absolute atomic E-state index is 0.0000194. The average Bonchev–Trinajstić information content (AvgIpc) is 2.79. The summed E-state index contributed by atoms with van der Waals surface area (Å²) in [6, 6.07) is 11.6. The van der Waals surface area contributed by atoms with Crippen LogP contribution in [0.1, 0.15) is 76.6 Å². The zero-order valence-corrected chi connectivity index (χ0v) is 23.7. The van der Waals surface area contributed by atoms with Crippen LogP contribution in [0.3, 0.4) is 0 Å². The SMILES string of the molecule is CC(=O)Nc1ccc(CCC2(C(C)C)CC(O)=C(Sc3cc(C)c(CO)cc3C(C)(C)C)C(=O)O2)cc1. The number of cyclic esters (lactones) is 1. The molecule has 0 saturated heterocycles. The molecule has 0 radical (unpaired) electrons. The van der Waals surface area contributed by atoms with Crippen LogP contribution in [0.25, 0.3) is 0 Å². The monoisotopic (exact) mass is 525 g/mol. The van der Waals surface area contributed by atoms with E-state index in [0.717, 1.165) is 32.8 Å². The van der Waals surface area contributed by atoms with E-state index >= 15 is 0 Å². The molecular formula is C30H39NO5S. The summed E-state index contributed by atoms with van der Waals surface area (Å²) in [4.78, 5) is 25.7. The summed E-state index contributed by atoms with van der Waals surface area (Å²) in [7, 11) is 0. The van der Waals surface area contributed by atoms with Gasteiger partial charge in [0.1, 0.15) is 16.3 Å². The smallest absolute Gasteiger partial charge is 0.349 e. The fraction of sp³-hybridized carbons (Fsp3) is 0.467. The molecule has 0 aromatic heterocycles. The first kappa shape index (κ1) is 28.8. The molecule has 0 saturated carbocycles. The Kier molecular flexibility index (Phi) is 8.81. The van der Waals surface area contributed by atoms with Crippen LogP contribution in [0, 0.1) is 12.8 Å². The van der Waals surface area contributed by atoms with E-state index in [4.69, 9.17) is 4.74 Å². The molecule has 1 aliphatic rings. The summed E-state index contributed by atoms with van der Waals surface area (Å²) in [5, 5.41) is 23.7. The van der Waals surface area contributed by atoms with E-state index in [9.17, 15) is 19.8 Å². The van der Waals surface area contributed by atoms with Crippen molar-refractivity contribution in [1.29, 1.82) is 0 Å². The van der Waals surface area contributed by atoms with Crippen LogP contribution in [0.15, 0.2) is 52.0 Å². The summed E-state index contributed by atoms with van der Waals surface area (Å²) in [5.74, 6) is -0.572. The zero-order valence-electron chi connectivity index (χ0n) is 22.9. The van der Waals surface area contributed by atoms with E-state index in [1.165, 1.54) is 18.7 Å². The van der Waals surface area contributed by atoms with Gasteiger partial charge in [0.05, 0.1) is 6.61 Å². The maximum absolute atomic E-state index is 13.3. The number of carbonyl (C=O) groups is 2. The predicted octanol–water partition coefficient (Wildman–Crippen LogP) is 6.58. The number of ether oxygens (including phenoxy) is 1. The van der Waals surface area contributed by atoms with Crippen LogP contribution in [-0.4, -0.2) is 27.7 Å². The Hall–Kier alpha value is -2.77. The second-order valence-electron chi connectivity index (χ2n) is 11.2. The van der Waals surface area contributed by atoms with E-state index in [-0.39, 0.29) is 40.9 Å². The lowest BCUT2D eigenvalue weighted by molar-refractivity contribution is -0.164. The van der Waals surface area contributed by atoms with Crippen LogP contribution in [0.4, 0.5) is 5.69 Å². The molecule has 6 nitrogen and oxygen atoms in total.